The number of ether oxygens (including phenoxy) is 3. The van der Waals surface area contributed by atoms with Gasteiger partial charge in [0.1, 0.15) is 0 Å². The zero-order valence-corrected chi connectivity index (χ0v) is 11.0. The Morgan fingerprint density at radius 1 is 1.30 bits per heavy atom. The van der Waals surface area contributed by atoms with Gasteiger partial charge in [-0.05, 0) is 18.2 Å². The molecule has 20 heavy (non-hydrogen) atoms. The van der Waals surface area contributed by atoms with Gasteiger partial charge in [-0.3, -0.25) is 4.79 Å². The highest BCUT2D eigenvalue weighted by molar-refractivity contribution is 5.95. The molecule has 2 rings (SSSR count). The molecule has 5 nitrogen and oxygen atoms in total. The Bertz CT molecular complexity index is 475. The Morgan fingerprint density at radius 3 is 2.60 bits per heavy atom. The van der Waals surface area contributed by atoms with Crippen LogP contribution in [0, 0.1) is 0 Å². The van der Waals surface area contributed by atoms with Crippen molar-refractivity contribution in [2.24, 2.45) is 0 Å². The van der Waals surface area contributed by atoms with Gasteiger partial charge in [0.25, 0.3) is 5.91 Å². The van der Waals surface area contributed by atoms with Crippen LogP contribution in [0.3, 0.4) is 0 Å². The quantitative estimate of drug-likeness (QED) is 0.847. The number of halogens is 2. The van der Waals surface area contributed by atoms with Gasteiger partial charge in [0, 0.05) is 18.7 Å². The normalized spacial score (nSPS) is 15.3. The minimum absolute atomic E-state index is 0.0963. The highest BCUT2D eigenvalue weighted by Crippen LogP contribution is 2.29. The number of alkyl halides is 2. The average Bonchev–Trinajstić information content (AvgIpc) is 2.47. The molecule has 1 fully saturated rings. The molecule has 0 saturated carbocycles. The molecule has 7 heteroatoms. The zero-order chi connectivity index (χ0) is 14.5. The van der Waals surface area contributed by atoms with Crippen LogP contribution in [-0.2, 0) is 4.74 Å². The van der Waals surface area contributed by atoms with Crippen LogP contribution in [0.15, 0.2) is 18.2 Å². The molecule has 0 atom stereocenters. The molecule has 0 N–H and O–H groups in total. The van der Waals surface area contributed by atoms with E-state index in [1.165, 1.54) is 25.3 Å². The van der Waals surface area contributed by atoms with Gasteiger partial charge in [-0.1, -0.05) is 0 Å². The van der Waals surface area contributed by atoms with E-state index >= 15 is 0 Å². The fourth-order valence-corrected chi connectivity index (χ4v) is 1.94. The predicted molar refractivity (Wildman–Crippen MR) is 66.3 cm³/mol. The molecule has 0 unspecified atom stereocenters. The Hall–Kier alpha value is -1.89. The molecule has 0 aliphatic carbocycles. The summed E-state index contributed by atoms with van der Waals surface area (Å²) in [6.07, 6.45) is 0. The van der Waals surface area contributed by atoms with Crippen LogP contribution in [0.25, 0.3) is 0 Å². The number of nitrogens with zero attached hydrogens (tertiary/aromatic N) is 1. The molecule has 1 aromatic rings. The van der Waals surface area contributed by atoms with Gasteiger partial charge < -0.3 is 19.1 Å². The number of hydrogen-bond acceptors (Lipinski definition) is 4. The molecule has 0 aromatic heterocycles. The summed E-state index contributed by atoms with van der Waals surface area (Å²) in [5.74, 6) is -0.180. The van der Waals surface area contributed by atoms with Crippen molar-refractivity contribution in [2.45, 2.75) is 6.61 Å². The Kier molecular flexibility index (Phi) is 4.73. The summed E-state index contributed by atoms with van der Waals surface area (Å²) in [7, 11) is 1.33. The molecule has 1 aliphatic heterocycles. The molecule has 1 heterocycles. The number of amides is 1. The van der Waals surface area contributed by atoms with Gasteiger partial charge in [0.2, 0.25) is 0 Å². The van der Waals surface area contributed by atoms with Crippen LogP contribution in [0.4, 0.5) is 8.78 Å². The van der Waals surface area contributed by atoms with Crippen molar-refractivity contribution in [3.8, 4) is 11.5 Å². The van der Waals surface area contributed by atoms with Crippen molar-refractivity contribution >= 4 is 5.91 Å². The van der Waals surface area contributed by atoms with Gasteiger partial charge in [0.15, 0.2) is 11.5 Å². The number of carbonyl (C=O) groups is 1. The fraction of sp³-hybridized carbons (Fsp3) is 0.462. The molecule has 0 bridgehead atoms. The Balaban J connectivity index is 2.17. The van der Waals surface area contributed by atoms with E-state index in [1.807, 2.05) is 0 Å². The van der Waals surface area contributed by atoms with Crippen LogP contribution < -0.4 is 9.47 Å². The third kappa shape index (κ3) is 3.36. The van der Waals surface area contributed by atoms with E-state index in [-0.39, 0.29) is 17.4 Å². The van der Waals surface area contributed by atoms with Crippen molar-refractivity contribution in [3.05, 3.63) is 23.8 Å². The predicted octanol–water partition coefficient (Wildman–Crippen LogP) is 1.77. The summed E-state index contributed by atoms with van der Waals surface area (Å²) in [6, 6.07) is 4.15. The molecule has 1 saturated heterocycles. The topological polar surface area (TPSA) is 48.0 Å². The Morgan fingerprint density at radius 2 is 2.00 bits per heavy atom. The first-order valence-electron chi connectivity index (χ1n) is 6.11. The maximum atomic E-state index is 12.2. The molecule has 1 amide bonds. The standard InChI is InChI=1S/C13H15F2NO4/c1-18-11-8-9(2-3-10(11)20-13(14)15)12(17)16-4-6-19-7-5-16/h2-3,8,13H,4-7H2,1H3. The lowest BCUT2D eigenvalue weighted by atomic mass is 10.1. The van der Waals surface area contributed by atoms with Crippen LogP contribution in [0.2, 0.25) is 0 Å². The fourth-order valence-electron chi connectivity index (χ4n) is 1.94. The first-order chi connectivity index (χ1) is 9.61. The second kappa shape index (κ2) is 6.51. The Labute approximate surface area is 115 Å². The zero-order valence-electron chi connectivity index (χ0n) is 11.0. The minimum atomic E-state index is -2.94. The van der Waals surface area contributed by atoms with Crippen molar-refractivity contribution in [3.63, 3.8) is 0 Å². The summed E-state index contributed by atoms with van der Waals surface area (Å²) in [5, 5.41) is 0. The minimum Gasteiger partial charge on any atom is -0.493 e. The smallest absolute Gasteiger partial charge is 0.387 e. The van der Waals surface area contributed by atoms with Crippen molar-refractivity contribution in [1.29, 1.82) is 0 Å². The first-order valence-corrected chi connectivity index (χ1v) is 6.11. The number of rotatable bonds is 4. The molecular formula is C13H15F2NO4. The van der Waals surface area contributed by atoms with E-state index in [0.29, 0.717) is 31.9 Å². The highest BCUT2D eigenvalue weighted by Gasteiger charge is 2.20. The van der Waals surface area contributed by atoms with E-state index < -0.39 is 6.61 Å². The SMILES string of the molecule is COc1cc(C(=O)N2CCOCC2)ccc1OC(F)F. The van der Waals surface area contributed by atoms with Gasteiger partial charge in [0.05, 0.1) is 20.3 Å². The summed E-state index contributed by atoms with van der Waals surface area (Å²) < 4.78 is 38.9. The molecule has 110 valence electrons. The second-order valence-electron chi connectivity index (χ2n) is 4.15. The number of methoxy groups -OCH3 is 1. The number of morpholine rings is 1. The monoisotopic (exact) mass is 287 g/mol. The number of benzene rings is 1. The van der Waals surface area contributed by atoms with Gasteiger partial charge in [-0.25, -0.2) is 0 Å². The first kappa shape index (κ1) is 14.5. The van der Waals surface area contributed by atoms with E-state index in [2.05, 4.69) is 4.74 Å². The van der Waals surface area contributed by atoms with Crippen LogP contribution >= 0.6 is 0 Å². The van der Waals surface area contributed by atoms with Crippen molar-refractivity contribution in [1.82, 2.24) is 4.90 Å². The van der Waals surface area contributed by atoms with Crippen LogP contribution in [0.1, 0.15) is 10.4 Å². The second-order valence-corrected chi connectivity index (χ2v) is 4.15. The third-order valence-corrected chi connectivity index (χ3v) is 2.92. The van der Waals surface area contributed by atoms with E-state index in [0.717, 1.165) is 0 Å². The highest BCUT2D eigenvalue weighted by atomic mass is 19.3. The lowest BCUT2D eigenvalue weighted by Gasteiger charge is -2.27. The average molecular weight is 287 g/mol. The van der Waals surface area contributed by atoms with Gasteiger partial charge in [-0.15, -0.1) is 0 Å². The molecule has 0 spiro atoms. The number of carbonyl (C=O) groups excluding carboxylic acids is 1. The van der Waals surface area contributed by atoms with Crippen molar-refractivity contribution in [2.75, 3.05) is 33.4 Å². The van der Waals surface area contributed by atoms with E-state index in [9.17, 15) is 13.6 Å². The van der Waals surface area contributed by atoms with Gasteiger partial charge in [-0.2, -0.15) is 8.78 Å². The molecular weight excluding hydrogens is 272 g/mol. The summed E-state index contributed by atoms with van der Waals surface area (Å²) in [4.78, 5) is 13.9. The van der Waals surface area contributed by atoms with Crippen molar-refractivity contribution < 1.29 is 27.8 Å². The summed E-state index contributed by atoms with van der Waals surface area (Å²) in [6.45, 7) is -0.928. The summed E-state index contributed by atoms with van der Waals surface area (Å²) in [5.41, 5.74) is 0.366. The third-order valence-electron chi connectivity index (χ3n) is 2.92. The van der Waals surface area contributed by atoms with Crippen LogP contribution in [0.5, 0.6) is 11.5 Å². The summed E-state index contributed by atoms with van der Waals surface area (Å²) >= 11 is 0. The van der Waals surface area contributed by atoms with E-state index in [4.69, 9.17) is 9.47 Å². The maximum Gasteiger partial charge on any atom is 0.387 e. The van der Waals surface area contributed by atoms with Crippen LogP contribution in [-0.4, -0.2) is 50.8 Å². The number of hydrogen-bond donors (Lipinski definition) is 0. The lowest BCUT2D eigenvalue weighted by Crippen LogP contribution is -2.40. The molecule has 0 radical (unpaired) electrons. The molecule has 1 aromatic carbocycles. The lowest BCUT2D eigenvalue weighted by molar-refractivity contribution is -0.0512. The van der Waals surface area contributed by atoms with Gasteiger partial charge >= 0.3 is 6.61 Å². The maximum absolute atomic E-state index is 12.2. The molecule has 1 aliphatic rings. The van der Waals surface area contributed by atoms with E-state index in [1.54, 1.807) is 4.90 Å². The largest absolute Gasteiger partial charge is 0.493 e.